The van der Waals surface area contributed by atoms with Gasteiger partial charge in [0.15, 0.2) is 0 Å². The summed E-state index contributed by atoms with van der Waals surface area (Å²) in [6.07, 6.45) is 3.61. The number of carbonyl (C=O) groups is 1. The van der Waals surface area contributed by atoms with Crippen molar-refractivity contribution in [1.82, 2.24) is 0 Å². The number of benzene rings is 2. The van der Waals surface area contributed by atoms with E-state index in [0.717, 1.165) is 25.7 Å². The average Bonchev–Trinajstić information content (AvgIpc) is 2.77. The summed E-state index contributed by atoms with van der Waals surface area (Å²) >= 11 is 0. The molecule has 2 N–H and O–H groups in total. The SMILES string of the molecule is COC(CO[Si](c1ccccc1)(c1ccccc1)C(C)(C)C)C1CCC(C(N)=O)CC1. The van der Waals surface area contributed by atoms with Crippen LogP contribution in [-0.2, 0) is 14.0 Å². The lowest BCUT2D eigenvalue weighted by molar-refractivity contribution is -0.123. The number of ether oxygens (including phenoxy) is 1. The lowest BCUT2D eigenvalue weighted by Gasteiger charge is -2.44. The van der Waals surface area contributed by atoms with Crippen molar-refractivity contribution in [3.05, 3.63) is 60.7 Å². The first-order chi connectivity index (χ1) is 14.8. The summed E-state index contributed by atoms with van der Waals surface area (Å²) in [4.78, 5) is 11.6. The molecule has 0 aromatic heterocycles. The Morgan fingerprint density at radius 1 is 0.968 bits per heavy atom. The summed E-state index contributed by atoms with van der Waals surface area (Å²) in [5, 5.41) is 2.50. The van der Waals surface area contributed by atoms with Crippen LogP contribution < -0.4 is 16.1 Å². The zero-order valence-electron chi connectivity index (χ0n) is 19.3. The van der Waals surface area contributed by atoms with Gasteiger partial charge in [0.1, 0.15) is 0 Å². The minimum absolute atomic E-state index is 0.00588. The number of carbonyl (C=O) groups excluding carboxylic acids is 1. The Labute approximate surface area is 188 Å². The molecule has 2 aromatic carbocycles. The first-order valence-corrected chi connectivity index (χ1v) is 13.3. The van der Waals surface area contributed by atoms with Crippen molar-refractivity contribution in [2.45, 2.75) is 57.6 Å². The van der Waals surface area contributed by atoms with Crippen LogP contribution in [0.4, 0.5) is 0 Å². The minimum Gasteiger partial charge on any atom is -0.405 e. The zero-order chi connectivity index (χ0) is 22.5. The van der Waals surface area contributed by atoms with Crippen LogP contribution in [0.2, 0.25) is 5.04 Å². The van der Waals surface area contributed by atoms with Gasteiger partial charge in [-0.05, 0) is 47.0 Å². The van der Waals surface area contributed by atoms with E-state index < -0.39 is 8.32 Å². The molecule has 2 aromatic rings. The van der Waals surface area contributed by atoms with Gasteiger partial charge in [0.25, 0.3) is 8.32 Å². The Morgan fingerprint density at radius 3 is 1.84 bits per heavy atom. The summed E-state index contributed by atoms with van der Waals surface area (Å²) in [5.41, 5.74) is 5.52. The molecule has 1 saturated carbocycles. The highest BCUT2D eigenvalue weighted by Gasteiger charge is 2.50. The highest BCUT2D eigenvalue weighted by Crippen LogP contribution is 2.38. The van der Waals surface area contributed by atoms with Crippen LogP contribution in [0.1, 0.15) is 46.5 Å². The van der Waals surface area contributed by atoms with Gasteiger partial charge in [0.05, 0.1) is 12.7 Å². The van der Waals surface area contributed by atoms with Crippen molar-refractivity contribution in [2.24, 2.45) is 17.6 Å². The van der Waals surface area contributed by atoms with Gasteiger partial charge in [0, 0.05) is 13.0 Å². The average molecular weight is 440 g/mol. The molecule has 1 aliphatic carbocycles. The van der Waals surface area contributed by atoms with Crippen LogP contribution in [0.25, 0.3) is 0 Å². The minimum atomic E-state index is -2.58. The summed E-state index contributed by atoms with van der Waals surface area (Å²) in [6.45, 7) is 7.42. The van der Waals surface area contributed by atoms with Gasteiger partial charge in [0.2, 0.25) is 5.91 Å². The molecule has 4 nitrogen and oxygen atoms in total. The topological polar surface area (TPSA) is 61.6 Å². The van der Waals surface area contributed by atoms with E-state index in [0.29, 0.717) is 12.5 Å². The van der Waals surface area contributed by atoms with E-state index in [4.69, 9.17) is 14.9 Å². The number of methoxy groups -OCH3 is 1. The summed E-state index contributed by atoms with van der Waals surface area (Å²) in [6, 6.07) is 21.4. The second kappa shape index (κ2) is 10.1. The fourth-order valence-electron chi connectivity index (χ4n) is 5.14. The lowest BCUT2D eigenvalue weighted by atomic mass is 9.79. The van der Waals surface area contributed by atoms with Crippen molar-refractivity contribution < 1.29 is 14.0 Å². The zero-order valence-corrected chi connectivity index (χ0v) is 20.3. The van der Waals surface area contributed by atoms with E-state index in [1.54, 1.807) is 7.11 Å². The molecule has 0 heterocycles. The predicted molar refractivity (Wildman–Crippen MR) is 129 cm³/mol. The smallest absolute Gasteiger partial charge is 0.261 e. The van der Waals surface area contributed by atoms with Crippen LogP contribution in [0.5, 0.6) is 0 Å². The fourth-order valence-corrected chi connectivity index (χ4v) is 9.71. The Hall–Kier alpha value is -1.95. The van der Waals surface area contributed by atoms with Gasteiger partial charge in [-0.15, -0.1) is 0 Å². The van der Waals surface area contributed by atoms with Crippen molar-refractivity contribution in [1.29, 1.82) is 0 Å². The van der Waals surface area contributed by atoms with E-state index in [-0.39, 0.29) is 23.0 Å². The molecule has 31 heavy (non-hydrogen) atoms. The third-order valence-electron chi connectivity index (χ3n) is 6.88. The van der Waals surface area contributed by atoms with Crippen molar-refractivity contribution in [3.63, 3.8) is 0 Å². The normalized spacial score (nSPS) is 20.9. The molecule has 168 valence electrons. The maximum absolute atomic E-state index is 11.6. The lowest BCUT2D eigenvalue weighted by Crippen LogP contribution is -2.67. The van der Waals surface area contributed by atoms with E-state index in [9.17, 15) is 4.79 Å². The molecule has 3 rings (SSSR count). The number of hydrogen-bond acceptors (Lipinski definition) is 3. The number of rotatable bonds is 8. The second-order valence-electron chi connectivity index (χ2n) is 9.76. The molecule has 1 unspecified atom stereocenters. The molecule has 1 atom stereocenters. The van der Waals surface area contributed by atoms with E-state index in [1.165, 1.54) is 10.4 Å². The fraction of sp³-hybridized carbons (Fsp3) is 0.500. The van der Waals surface area contributed by atoms with Crippen LogP contribution in [-0.4, -0.2) is 34.0 Å². The van der Waals surface area contributed by atoms with Gasteiger partial charge in [-0.2, -0.15) is 0 Å². The maximum atomic E-state index is 11.6. The molecular formula is C26H37NO3Si. The number of nitrogens with two attached hydrogens (primary N) is 1. The Balaban J connectivity index is 1.89. The Kier molecular flexibility index (Phi) is 7.73. The summed E-state index contributed by atoms with van der Waals surface area (Å²) in [7, 11) is -0.800. The van der Waals surface area contributed by atoms with Gasteiger partial charge in [-0.3, -0.25) is 4.79 Å². The monoisotopic (exact) mass is 439 g/mol. The van der Waals surface area contributed by atoms with Crippen molar-refractivity contribution >= 4 is 24.6 Å². The third kappa shape index (κ3) is 5.11. The van der Waals surface area contributed by atoms with Gasteiger partial charge in [-0.25, -0.2) is 0 Å². The molecule has 5 heteroatoms. The van der Waals surface area contributed by atoms with Gasteiger partial charge >= 0.3 is 0 Å². The number of amides is 1. The van der Waals surface area contributed by atoms with Crippen LogP contribution in [0, 0.1) is 11.8 Å². The quantitative estimate of drug-likeness (QED) is 0.635. The highest BCUT2D eigenvalue weighted by molar-refractivity contribution is 6.99. The molecule has 1 fully saturated rings. The third-order valence-corrected chi connectivity index (χ3v) is 11.9. The van der Waals surface area contributed by atoms with E-state index in [2.05, 4.69) is 81.4 Å². The van der Waals surface area contributed by atoms with Crippen molar-refractivity contribution in [2.75, 3.05) is 13.7 Å². The first-order valence-electron chi connectivity index (χ1n) is 11.4. The van der Waals surface area contributed by atoms with Gasteiger partial charge < -0.3 is 14.9 Å². The first kappa shape index (κ1) is 23.7. The molecule has 0 saturated heterocycles. The van der Waals surface area contributed by atoms with Crippen LogP contribution >= 0.6 is 0 Å². The second-order valence-corrected chi connectivity index (χ2v) is 14.1. The maximum Gasteiger partial charge on any atom is 0.261 e. The molecule has 1 amide bonds. The number of primary amides is 1. The molecule has 0 radical (unpaired) electrons. The molecule has 0 aliphatic heterocycles. The summed E-state index contributed by atoms with van der Waals surface area (Å²) in [5.74, 6) is 0.223. The predicted octanol–water partition coefficient (Wildman–Crippen LogP) is 3.87. The molecule has 1 aliphatic rings. The largest absolute Gasteiger partial charge is 0.405 e. The molecule has 0 bridgehead atoms. The number of hydrogen-bond donors (Lipinski definition) is 1. The van der Waals surface area contributed by atoms with E-state index in [1.807, 2.05) is 0 Å². The van der Waals surface area contributed by atoms with Crippen LogP contribution in [0.3, 0.4) is 0 Å². The molecule has 0 spiro atoms. The Bertz CT molecular complexity index is 787. The van der Waals surface area contributed by atoms with Gasteiger partial charge in [-0.1, -0.05) is 81.4 Å². The van der Waals surface area contributed by atoms with E-state index >= 15 is 0 Å². The molecular weight excluding hydrogens is 402 g/mol. The van der Waals surface area contributed by atoms with Crippen LogP contribution in [0.15, 0.2) is 60.7 Å². The van der Waals surface area contributed by atoms with Crippen molar-refractivity contribution in [3.8, 4) is 0 Å². The Morgan fingerprint density at radius 2 is 1.45 bits per heavy atom. The standard InChI is InChI=1S/C26H37NO3Si/c1-26(2,3)31(22-11-7-5-8-12-22,23-13-9-6-10-14-23)30-19-24(29-4)20-15-17-21(18-16-20)25(27)28/h5-14,20-21,24H,15-19H2,1-4H3,(H2,27,28). The summed E-state index contributed by atoms with van der Waals surface area (Å²) < 4.78 is 13.0. The highest BCUT2D eigenvalue weighted by atomic mass is 28.4.